The van der Waals surface area contributed by atoms with Gasteiger partial charge in [0.1, 0.15) is 0 Å². The van der Waals surface area contributed by atoms with E-state index in [0.29, 0.717) is 5.56 Å². The van der Waals surface area contributed by atoms with Crippen molar-refractivity contribution in [3.63, 3.8) is 0 Å². The molecular formula is C13H12BrF3N2S. The smallest absolute Gasteiger partial charge is 0.271 e. The number of thiophene rings is 1. The van der Waals surface area contributed by atoms with Gasteiger partial charge in [0.05, 0.1) is 11.6 Å². The van der Waals surface area contributed by atoms with Gasteiger partial charge in [-0.3, -0.25) is 5.84 Å². The lowest BCUT2D eigenvalue weighted by atomic mass is 9.98. The third-order valence-corrected chi connectivity index (χ3v) is 4.71. The van der Waals surface area contributed by atoms with Crippen LogP contribution in [0.3, 0.4) is 0 Å². The zero-order chi connectivity index (χ0) is 14.9. The number of hydrogen-bond donors (Lipinski definition) is 2. The summed E-state index contributed by atoms with van der Waals surface area (Å²) in [5.41, 5.74) is 3.28. The number of hydrazine groups is 1. The Morgan fingerprint density at radius 1 is 1.30 bits per heavy atom. The molecule has 0 aliphatic rings. The summed E-state index contributed by atoms with van der Waals surface area (Å²) >= 11 is 4.84. The van der Waals surface area contributed by atoms with Crippen LogP contribution in [-0.2, 0) is 6.18 Å². The van der Waals surface area contributed by atoms with E-state index >= 15 is 0 Å². The van der Waals surface area contributed by atoms with E-state index in [-0.39, 0.29) is 6.04 Å². The van der Waals surface area contributed by atoms with Crippen molar-refractivity contribution in [2.45, 2.75) is 19.1 Å². The first-order chi connectivity index (χ1) is 9.32. The maximum Gasteiger partial charge on any atom is 0.416 e. The van der Waals surface area contributed by atoms with Crippen molar-refractivity contribution in [3.05, 3.63) is 55.7 Å². The van der Waals surface area contributed by atoms with Crippen LogP contribution in [0.4, 0.5) is 13.2 Å². The highest BCUT2D eigenvalue weighted by Crippen LogP contribution is 2.34. The fourth-order valence-electron chi connectivity index (χ4n) is 1.98. The second-order valence-corrected chi connectivity index (χ2v) is 6.19. The molecule has 0 aliphatic carbocycles. The van der Waals surface area contributed by atoms with Gasteiger partial charge < -0.3 is 0 Å². The highest BCUT2D eigenvalue weighted by Gasteiger charge is 2.31. The monoisotopic (exact) mass is 364 g/mol. The Labute approximate surface area is 126 Å². The van der Waals surface area contributed by atoms with Gasteiger partial charge in [-0.2, -0.15) is 13.2 Å². The van der Waals surface area contributed by atoms with Crippen molar-refractivity contribution in [1.82, 2.24) is 5.43 Å². The van der Waals surface area contributed by atoms with Crippen LogP contribution in [0.15, 0.2) is 34.1 Å². The van der Waals surface area contributed by atoms with Gasteiger partial charge in [0.25, 0.3) is 0 Å². The van der Waals surface area contributed by atoms with Crippen LogP contribution in [0.25, 0.3) is 0 Å². The van der Waals surface area contributed by atoms with E-state index in [1.165, 1.54) is 17.4 Å². The SMILES string of the molecule is Cc1cc(C(F)(F)F)ccc1C(NN)c1cc(Br)cs1. The van der Waals surface area contributed by atoms with Gasteiger partial charge in [0, 0.05) is 14.7 Å². The normalized spacial score (nSPS) is 13.5. The fraction of sp³-hybridized carbons (Fsp3) is 0.231. The summed E-state index contributed by atoms with van der Waals surface area (Å²) in [5, 5.41) is 1.90. The molecule has 0 saturated carbocycles. The molecule has 0 bridgehead atoms. The molecule has 20 heavy (non-hydrogen) atoms. The third-order valence-electron chi connectivity index (χ3n) is 2.95. The van der Waals surface area contributed by atoms with Crippen LogP contribution < -0.4 is 11.3 Å². The highest BCUT2D eigenvalue weighted by molar-refractivity contribution is 9.10. The van der Waals surface area contributed by atoms with E-state index in [9.17, 15) is 13.2 Å². The van der Waals surface area contributed by atoms with Gasteiger partial charge in [-0.1, -0.05) is 6.07 Å². The molecule has 1 aromatic carbocycles. The number of nitrogens with one attached hydrogen (secondary N) is 1. The van der Waals surface area contributed by atoms with Gasteiger partial charge >= 0.3 is 6.18 Å². The van der Waals surface area contributed by atoms with Crippen LogP contribution in [0.2, 0.25) is 0 Å². The van der Waals surface area contributed by atoms with E-state index in [1.807, 2.05) is 11.4 Å². The minimum Gasteiger partial charge on any atom is -0.271 e. The van der Waals surface area contributed by atoms with Crippen molar-refractivity contribution in [1.29, 1.82) is 0 Å². The maximum atomic E-state index is 12.7. The molecule has 108 valence electrons. The van der Waals surface area contributed by atoms with E-state index in [1.54, 1.807) is 6.92 Å². The van der Waals surface area contributed by atoms with Gasteiger partial charge in [-0.05, 0) is 52.2 Å². The first-order valence-corrected chi connectivity index (χ1v) is 7.38. The Hall–Kier alpha value is -0.890. The molecule has 2 rings (SSSR count). The lowest BCUT2D eigenvalue weighted by Gasteiger charge is -2.18. The summed E-state index contributed by atoms with van der Waals surface area (Å²) in [7, 11) is 0. The fourth-order valence-corrected chi connectivity index (χ4v) is 3.50. The van der Waals surface area contributed by atoms with Crippen molar-refractivity contribution in [3.8, 4) is 0 Å². The van der Waals surface area contributed by atoms with Gasteiger partial charge in [0.15, 0.2) is 0 Å². The number of aryl methyl sites for hydroxylation is 1. The molecule has 1 heterocycles. The number of benzene rings is 1. The summed E-state index contributed by atoms with van der Waals surface area (Å²) in [4.78, 5) is 0.933. The average Bonchev–Trinajstić information content (AvgIpc) is 2.77. The summed E-state index contributed by atoms with van der Waals surface area (Å²) in [5.74, 6) is 5.56. The number of halogens is 4. The first-order valence-electron chi connectivity index (χ1n) is 5.70. The Kier molecular flexibility index (Phi) is 4.53. The Morgan fingerprint density at radius 2 is 2.00 bits per heavy atom. The lowest BCUT2D eigenvalue weighted by molar-refractivity contribution is -0.137. The van der Waals surface area contributed by atoms with Gasteiger partial charge in [-0.25, -0.2) is 5.43 Å². The van der Waals surface area contributed by atoms with Crippen molar-refractivity contribution in [2.24, 2.45) is 5.84 Å². The molecule has 2 nitrogen and oxygen atoms in total. The van der Waals surface area contributed by atoms with Crippen molar-refractivity contribution < 1.29 is 13.2 Å². The summed E-state index contributed by atoms with van der Waals surface area (Å²) < 4.78 is 38.9. The summed E-state index contributed by atoms with van der Waals surface area (Å²) in [6.45, 7) is 1.65. The predicted octanol–water partition coefficient (Wildman–Crippen LogP) is 4.39. The average molecular weight is 365 g/mol. The van der Waals surface area contributed by atoms with E-state index in [4.69, 9.17) is 5.84 Å². The standard InChI is InChI=1S/C13H12BrF3N2S/c1-7-4-8(13(15,16)17)2-3-10(7)12(19-18)11-5-9(14)6-20-11/h2-6,12,19H,18H2,1H3. The van der Waals surface area contributed by atoms with E-state index in [0.717, 1.165) is 27.0 Å². The zero-order valence-electron chi connectivity index (χ0n) is 10.5. The summed E-state index contributed by atoms with van der Waals surface area (Å²) in [6, 6.07) is 5.26. The predicted molar refractivity (Wildman–Crippen MR) is 77.4 cm³/mol. The second-order valence-electron chi connectivity index (χ2n) is 4.34. The van der Waals surface area contributed by atoms with Crippen molar-refractivity contribution in [2.75, 3.05) is 0 Å². The van der Waals surface area contributed by atoms with E-state index < -0.39 is 11.7 Å². The van der Waals surface area contributed by atoms with Gasteiger partial charge in [-0.15, -0.1) is 11.3 Å². The van der Waals surface area contributed by atoms with Crippen LogP contribution in [-0.4, -0.2) is 0 Å². The first kappa shape index (κ1) is 15.5. The molecule has 0 amide bonds. The largest absolute Gasteiger partial charge is 0.416 e. The molecule has 0 saturated heterocycles. The molecule has 0 radical (unpaired) electrons. The number of rotatable bonds is 3. The molecule has 0 spiro atoms. The molecule has 1 unspecified atom stereocenters. The third kappa shape index (κ3) is 3.22. The van der Waals surface area contributed by atoms with Gasteiger partial charge in [0.2, 0.25) is 0 Å². The number of hydrogen-bond acceptors (Lipinski definition) is 3. The molecular weight excluding hydrogens is 353 g/mol. The quantitative estimate of drug-likeness (QED) is 0.626. The Morgan fingerprint density at radius 3 is 2.45 bits per heavy atom. The minimum absolute atomic E-state index is 0.325. The minimum atomic E-state index is -4.33. The molecule has 7 heteroatoms. The van der Waals surface area contributed by atoms with Crippen LogP contribution in [0.5, 0.6) is 0 Å². The number of alkyl halides is 3. The van der Waals surface area contributed by atoms with Crippen LogP contribution in [0, 0.1) is 6.92 Å². The number of nitrogens with two attached hydrogens (primary N) is 1. The zero-order valence-corrected chi connectivity index (χ0v) is 12.9. The molecule has 1 aromatic heterocycles. The second kappa shape index (κ2) is 5.85. The Balaban J connectivity index is 2.41. The van der Waals surface area contributed by atoms with E-state index in [2.05, 4.69) is 21.4 Å². The molecule has 0 aliphatic heterocycles. The molecule has 2 aromatic rings. The molecule has 1 atom stereocenters. The summed E-state index contributed by atoms with van der Waals surface area (Å²) in [6.07, 6.45) is -4.33. The lowest BCUT2D eigenvalue weighted by Crippen LogP contribution is -2.28. The molecule has 0 fully saturated rings. The molecule has 3 N–H and O–H groups in total. The topological polar surface area (TPSA) is 38.0 Å². The Bertz CT molecular complexity index is 610. The maximum absolute atomic E-state index is 12.7. The van der Waals surface area contributed by atoms with Crippen LogP contribution in [0.1, 0.15) is 27.6 Å². The van der Waals surface area contributed by atoms with Crippen molar-refractivity contribution >= 4 is 27.3 Å². The highest BCUT2D eigenvalue weighted by atomic mass is 79.9. The van der Waals surface area contributed by atoms with Crippen LogP contribution >= 0.6 is 27.3 Å².